The number of non-ortho nitro benzene ring substituents is 1. The van der Waals surface area contributed by atoms with E-state index in [1.165, 1.54) is 23.9 Å². The number of nitro benzene ring substituents is 1. The normalized spacial score (nSPS) is 12.7. The molecule has 2 amide bonds. The molecule has 0 saturated carbocycles. The molecule has 0 saturated heterocycles. The van der Waals surface area contributed by atoms with Gasteiger partial charge in [-0.05, 0) is 43.2 Å². The molecule has 7 nitrogen and oxygen atoms in total. The van der Waals surface area contributed by atoms with Gasteiger partial charge in [-0.1, -0.05) is 26.0 Å². The highest BCUT2D eigenvalue weighted by atomic mass is 32.2. The van der Waals surface area contributed by atoms with Crippen molar-refractivity contribution in [2.45, 2.75) is 43.9 Å². The molecule has 0 fully saturated rings. The van der Waals surface area contributed by atoms with Gasteiger partial charge in [0.2, 0.25) is 11.8 Å². The molecule has 0 aromatic heterocycles. The summed E-state index contributed by atoms with van der Waals surface area (Å²) in [5, 5.41) is 16.1. The highest BCUT2D eigenvalue weighted by Crippen LogP contribution is 2.25. The van der Waals surface area contributed by atoms with Crippen LogP contribution < -0.4 is 10.6 Å². The number of hydrogen-bond acceptors (Lipinski definition) is 5. The number of amides is 2. The summed E-state index contributed by atoms with van der Waals surface area (Å²) in [6.45, 7) is 5.97. The second-order valence-corrected chi connectivity index (χ2v) is 8.14. The average molecular weight is 416 g/mol. The van der Waals surface area contributed by atoms with Crippen molar-refractivity contribution in [3.05, 3.63) is 64.2 Å². The van der Waals surface area contributed by atoms with Crippen LogP contribution in [0.2, 0.25) is 0 Å². The fourth-order valence-corrected chi connectivity index (χ4v) is 3.34. The van der Waals surface area contributed by atoms with Crippen molar-refractivity contribution in [3.8, 4) is 0 Å². The van der Waals surface area contributed by atoms with Gasteiger partial charge in [-0.15, -0.1) is 11.8 Å². The summed E-state index contributed by atoms with van der Waals surface area (Å²) in [6, 6.07) is 13.5. The van der Waals surface area contributed by atoms with Gasteiger partial charge in [0.05, 0.1) is 10.2 Å². The number of benzene rings is 2. The minimum absolute atomic E-state index is 0.0201. The average Bonchev–Trinajstić information content (AvgIpc) is 2.71. The molecule has 0 aliphatic rings. The van der Waals surface area contributed by atoms with Crippen LogP contribution in [-0.4, -0.2) is 22.0 Å². The topological polar surface area (TPSA) is 101 Å². The van der Waals surface area contributed by atoms with Gasteiger partial charge in [-0.3, -0.25) is 19.7 Å². The van der Waals surface area contributed by atoms with E-state index in [4.69, 9.17) is 0 Å². The zero-order valence-electron chi connectivity index (χ0n) is 16.7. The fourth-order valence-electron chi connectivity index (χ4n) is 2.45. The van der Waals surface area contributed by atoms with Gasteiger partial charge in [-0.2, -0.15) is 0 Å². The Morgan fingerprint density at radius 1 is 1.10 bits per heavy atom. The summed E-state index contributed by atoms with van der Waals surface area (Å²) in [5.41, 5.74) is 1.61. The van der Waals surface area contributed by atoms with Crippen LogP contribution in [0.4, 0.5) is 11.4 Å². The highest BCUT2D eigenvalue weighted by Gasteiger charge is 2.15. The maximum Gasteiger partial charge on any atom is 0.269 e. The first-order chi connectivity index (χ1) is 13.8. The van der Waals surface area contributed by atoms with Gasteiger partial charge in [0.15, 0.2) is 0 Å². The van der Waals surface area contributed by atoms with Crippen molar-refractivity contribution in [2.75, 3.05) is 5.32 Å². The van der Waals surface area contributed by atoms with Gasteiger partial charge in [0.1, 0.15) is 0 Å². The Hall–Kier alpha value is -2.87. The van der Waals surface area contributed by atoms with E-state index in [0.29, 0.717) is 12.2 Å². The van der Waals surface area contributed by atoms with E-state index < -0.39 is 4.92 Å². The molecule has 2 aromatic carbocycles. The van der Waals surface area contributed by atoms with E-state index in [-0.39, 0.29) is 28.7 Å². The smallest absolute Gasteiger partial charge is 0.269 e. The Balaban J connectivity index is 1.88. The van der Waals surface area contributed by atoms with Crippen LogP contribution in [0.3, 0.4) is 0 Å². The summed E-state index contributed by atoms with van der Waals surface area (Å²) in [7, 11) is 0. The van der Waals surface area contributed by atoms with Crippen LogP contribution in [0.25, 0.3) is 0 Å². The number of hydrogen-bond donors (Lipinski definition) is 2. The molecule has 0 heterocycles. The number of nitrogens with one attached hydrogen (secondary N) is 2. The van der Waals surface area contributed by atoms with E-state index in [1.54, 1.807) is 19.1 Å². The number of anilines is 1. The Bertz CT molecular complexity index is 870. The molecule has 0 spiro atoms. The zero-order valence-corrected chi connectivity index (χ0v) is 17.5. The van der Waals surface area contributed by atoms with Crippen LogP contribution in [-0.2, 0) is 16.1 Å². The Kier molecular flexibility index (Phi) is 8.21. The highest BCUT2D eigenvalue weighted by molar-refractivity contribution is 8.00. The number of carbonyl (C=O) groups is 2. The lowest BCUT2D eigenvalue weighted by molar-refractivity contribution is -0.384. The molecule has 0 bridgehead atoms. The standard InChI is InChI=1S/C21H25N3O4S/c1-4-14(2)20(25)23-17-7-5-6-16(12-17)13-22-21(26)15(3)29-19-10-8-18(9-11-19)24(27)28/h5-12,14-15H,4,13H2,1-3H3,(H,22,26)(H,23,25). The van der Waals surface area contributed by atoms with Crippen molar-refractivity contribution in [2.24, 2.45) is 5.92 Å². The zero-order chi connectivity index (χ0) is 21.4. The first kappa shape index (κ1) is 22.4. The van der Waals surface area contributed by atoms with Gasteiger partial charge in [0, 0.05) is 35.2 Å². The molecule has 0 aliphatic carbocycles. The molecule has 0 radical (unpaired) electrons. The maximum atomic E-state index is 12.4. The molecular weight excluding hydrogens is 390 g/mol. The SMILES string of the molecule is CCC(C)C(=O)Nc1cccc(CNC(=O)C(C)Sc2ccc([N+](=O)[O-])cc2)c1. The molecule has 154 valence electrons. The summed E-state index contributed by atoms with van der Waals surface area (Å²) in [5.74, 6) is -0.222. The van der Waals surface area contributed by atoms with Gasteiger partial charge >= 0.3 is 0 Å². The lowest BCUT2D eigenvalue weighted by atomic mass is 10.1. The minimum Gasteiger partial charge on any atom is -0.351 e. The van der Waals surface area contributed by atoms with Crippen LogP contribution in [0.15, 0.2) is 53.4 Å². The number of rotatable bonds is 9. The molecular formula is C21H25N3O4S. The second-order valence-electron chi connectivity index (χ2n) is 6.73. The van der Waals surface area contributed by atoms with Gasteiger partial charge in [-0.25, -0.2) is 0 Å². The van der Waals surface area contributed by atoms with Gasteiger partial charge in [0.25, 0.3) is 5.69 Å². The molecule has 2 N–H and O–H groups in total. The Morgan fingerprint density at radius 3 is 2.41 bits per heavy atom. The van der Waals surface area contributed by atoms with E-state index in [0.717, 1.165) is 16.9 Å². The summed E-state index contributed by atoms with van der Waals surface area (Å²) in [6.07, 6.45) is 0.770. The molecule has 2 unspecified atom stereocenters. The number of nitro groups is 1. The number of nitrogens with zero attached hydrogens (tertiary/aromatic N) is 1. The third kappa shape index (κ3) is 6.90. The summed E-state index contributed by atoms with van der Waals surface area (Å²) < 4.78 is 0. The predicted molar refractivity (Wildman–Crippen MR) is 115 cm³/mol. The van der Waals surface area contributed by atoms with E-state index in [9.17, 15) is 19.7 Å². The minimum atomic E-state index is -0.454. The predicted octanol–water partition coefficient (Wildman–Crippen LogP) is 4.38. The third-order valence-electron chi connectivity index (χ3n) is 4.45. The molecule has 2 rings (SSSR count). The van der Waals surface area contributed by atoms with E-state index >= 15 is 0 Å². The van der Waals surface area contributed by atoms with Crippen molar-refractivity contribution in [1.29, 1.82) is 0 Å². The number of carbonyl (C=O) groups excluding carboxylic acids is 2. The van der Waals surface area contributed by atoms with Crippen molar-refractivity contribution in [1.82, 2.24) is 5.32 Å². The molecule has 2 aromatic rings. The first-order valence-electron chi connectivity index (χ1n) is 9.38. The van der Waals surface area contributed by atoms with E-state index in [2.05, 4.69) is 10.6 Å². The fraction of sp³-hybridized carbons (Fsp3) is 0.333. The van der Waals surface area contributed by atoms with Crippen molar-refractivity contribution < 1.29 is 14.5 Å². The molecule has 29 heavy (non-hydrogen) atoms. The lowest BCUT2D eigenvalue weighted by Gasteiger charge is -2.13. The summed E-state index contributed by atoms with van der Waals surface area (Å²) in [4.78, 5) is 35.4. The third-order valence-corrected chi connectivity index (χ3v) is 5.56. The van der Waals surface area contributed by atoms with Crippen molar-refractivity contribution in [3.63, 3.8) is 0 Å². The quantitative estimate of drug-likeness (QED) is 0.360. The lowest BCUT2D eigenvalue weighted by Crippen LogP contribution is -2.30. The maximum absolute atomic E-state index is 12.4. The van der Waals surface area contributed by atoms with E-state index in [1.807, 2.05) is 38.1 Å². The largest absolute Gasteiger partial charge is 0.351 e. The van der Waals surface area contributed by atoms with Crippen LogP contribution in [0.1, 0.15) is 32.8 Å². The van der Waals surface area contributed by atoms with Crippen LogP contribution >= 0.6 is 11.8 Å². The Morgan fingerprint density at radius 2 is 1.79 bits per heavy atom. The summed E-state index contributed by atoms with van der Waals surface area (Å²) >= 11 is 1.33. The first-order valence-corrected chi connectivity index (χ1v) is 10.3. The monoisotopic (exact) mass is 415 g/mol. The van der Waals surface area contributed by atoms with Crippen LogP contribution in [0, 0.1) is 16.0 Å². The molecule has 0 aliphatic heterocycles. The molecule has 8 heteroatoms. The van der Waals surface area contributed by atoms with Crippen molar-refractivity contribution >= 4 is 35.0 Å². The Labute approximate surface area is 174 Å². The number of thioether (sulfide) groups is 1. The van der Waals surface area contributed by atoms with Gasteiger partial charge < -0.3 is 10.6 Å². The van der Waals surface area contributed by atoms with Crippen LogP contribution in [0.5, 0.6) is 0 Å². The second kappa shape index (κ2) is 10.6. The molecule has 2 atom stereocenters.